The standard InChI is InChI=1S/C10H9ClN2O4/c1-6(11)5-12-9-3-2-7(13(16)17)4-8(9)10(14)15/h2-4,12H,1,5H2,(H,14,15). The van der Waals surface area contributed by atoms with Crippen LogP contribution in [0.5, 0.6) is 0 Å². The lowest BCUT2D eigenvalue weighted by Gasteiger charge is -2.08. The van der Waals surface area contributed by atoms with Crippen molar-refractivity contribution in [2.75, 3.05) is 11.9 Å². The summed E-state index contributed by atoms with van der Waals surface area (Å²) in [7, 11) is 0. The molecule has 0 spiro atoms. The van der Waals surface area contributed by atoms with E-state index in [1.807, 2.05) is 0 Å². The van der Waals surface area contributed by atoms with Crippen LogP contribution in [-0.2, 0) is 0 Å². The molecule has 0 bridgehead atoms. The Hall–Kier alpha value is -2.08. The van der Waals surface area contributed by atoms with E-state index in [1.54, 1.807) is 0 Å². The average Bonchev–Trinajstić information content (AvgIpc) is 2.25. The van der Waals surface area contributed by atoms with Gasteiger partial charge in [0.05, 0.1) is 17.0 Å². The molecule has 6 nitrogen and oxygen atoms in total. The molecule has 0 fully saturated rings. The highest BCUT2D eigenvalue weighted by Gasteiger charge is 2.15. The summed E-state index contributed by atoms with van der Waals surface area (Å²) in [5.41, 5.74) is -0.209. The van der Waals surface area contributed by atoms with Crippen LogP contribution in [0.15, 0.2) is 29.8 Å². The van der Waals surface area contributed by atoms with Crippen LogP contribution in [0.1, 0.15) is 10.4 Å². The lowest BCUT2D eigenvalue weighted by atomic mass is 10.1. The Bertz CT molecular complexity index is 487. The minimum atomic E-state index is -1.25. The second-order valence-electron chi connectivity index (χ2n) is 3.16. The van der Waals surface area contributed by atoms with Crippen molar-refractivity contribution in [2.45, 2.75) is 0 Å². The summed E-state index contributed by atoms with van der Waals surface area (Å²) in [5, 5.41) is 22.5. The zero-order valence-electron chi connectivity index (χ0n) is 8.64. The van der Waals surface area contributed by atoms with Gasteiger partial charge in [0.25, 0.3) is 5.69 Å². The summed E-state index contributed by atoms with van der Waals surface area (Å²) in [6.45, 7) is 3.62. The molecule has 0 saturated heterocycles. The van der Waals surface area contributed by atoms with Crippen molar-refractivity contribution in [3.8, 4) is 0 Å². The largest absolute Gasteiger partial charge is 0.478 e. The Balaban J connectivity index is 3.08. The van der Waals surface area contributed by atoms with Gasteiger partial charge in [-0.25, -0.2) is 4.79 Å². The second-order valence-corrected chi connectivity index (χ2v) is 3.70. The number of hydrogen-bond donors (Lipinski definition) is 2. The molecule has 0 atom stereocenters. The molecule has 0 amide bonds. The minimum absolute atomic E-state index is 0.180. The monoisotopic (exact) mass is 256 g/mol. The quantitative estimate of drug-likeness (QED) is 0.623. The van der Waals surface area contributed by atoms with E-state index in [9.17, 15) is 14.9 Å². The third kappa shape index (κ3) is 3.46. The van der Waals surface area contributed by atoms with E-state index in [1.165, 1.54) is 12.1 Å². The number of non-ortho nitro benzene ring substituents is 1. The minimum Gasteiger partial charge on any atom is -0.478 e. The molecule has 1 aromatic rings. The van der Waals surface area contributed by atoms with Crippen molar-refractivity contribution < 1.29 is 14.8 Å². The molecule has 2 N–H and O–H groups in total. The number of rotatable bonds is 5. The summed E-state index contributed by atoms with van der Waals surface area (Å²) in [6, 6.07) is 3.52. The van der Waals surface area contributed by atoms with Gasteiger partial charge >= 0.3 is 5.97 Å². The predicted octanol–water partition coefficient (Wildman–Crippen LogP) is 2.46. The molecular weight excluding hydrogens is 248 g/mol. The Labute approximate surface area is 102 Å². The maximum absolute atomic E-state index is 10.9. The predicted molar refractivity (Wildman–Crippen MR) is 63.5 cm³/mol. The highest BCUT2D eigenvalue weighted by Crippen LogP contribution is 2.22. The van der Waals surface area contributed by atoms with Crippen molar-refractivity contribution in [3.63, 3.8) is 0 Å². The molecule has 0 aromatic heterocycles. The van der Waals surface area contributed by atoms with Crippen LogP contribution in [0, 0.1) is 10.1 Å². The normalized spacial score (nSPS) is 9.71. The van der Waals surface area contributed by atoms with Gasteiger partial charge in [0.2, 0.25) is 0 Å². The first kappa shape index (κ1) is 13.0. The summed E-state index contributed by atoms with van der Waals surface area (Å²) < 4.78 is 0. The van der Waals surface area contributed by atoms with E-state index in [0.29, 0.717) is 5.03 Å². The molecule has 0 heterocycles. The average molecular weight is 257 g/mol. The van der Waals surface area contributed by atoms with Crippen LogP contribution in [0.25, 0.3) is 0 Å². The Kier molecular flexibility index (Phi) is 4.06. The molecule has 0 unspecified atom stereocenters. The molecule has 0 aliphatic carbocycles. The number of hydrogen-bond acceptors (Lipinski definition) is 4. The van der Waals surface area contributed by atoms with Gasteiger partial charge in [-0.1, -0.05) is 18.2 Å². The van der Waals surface area contributed by atoms with E-state index in [2.05, 4.69) is 11.9 Å². The maximum atomic E-state index is 10.9. The molecule has 1 aromatic carbocycles. The van der Waals surface area contributed by atoms with Gasteiger partial charge in [-0.2, -0.15) is 0 Å². The lowest BCUT2D eigenvalue weighted by molar-refractivity contribution is -0.384. The number of carboxylic acids is 1. The van der Waals surface area contributed by atoms with Gasteiger partial charge < -0.3 is 10.4 Å². The second kappa shape index (κ2) is 5.31. The SMILES string of the molecule is C=C(Cl)CNc1ccc([N+](=O)[O-])cc1C(=O)O. The number of carboxylic acid groups (broad SMARTS) is 1. The number of halogens is 1. The topological polar surface area (TPSA) is 92.5 Å². The van der Waals surface area contributed by atoms with Gasteiger partial charge in [-0.15, -0.1) is 0 Å². The summed E-state index contributed by atoms with van der Waals surface area (Å²) in [5.74, 6) is -1.25. The van der Waals surface area contributed by atoms with E-state index >= 15 is 0 Å². The number of nitro benzene ring substituents is 1. The van der Waals surface area contributed by atoms with Gasteiger partial charge in [0.1, 0.15) is 0 Å². The summed E-state index contributed by atoms with van der Waals surface area (Å²) in [6.07, 6.45) is 0. The number of nitrogens with zero attached hydrogens (tertiary/aromatic N) is 1. The highest BCUT2D eigenvalue weighted by molar-refractivity contribution is 6.29. The number of anilines is 1. The molecular formula is C10H9ClN2O4. The fourth-order valence-electron chi connectivity index (χ4n) is 1.17. The number of nitrogens with one attached hydrogen (secondary N) is 1. The molecule has 0 aliphatic heterocycles. The molecule has 17 heavy (non-hydrogen) atoms. The molecule has 0 radical (unpaired) electrons. The maximum Gasteiger partial charge on any atom is 0.338 e. The molecule has 0 saturated carbocycles. The molecule has 1 rings (SSSR count). The number of aromatic carboxylic acids is 1. The highest BCUT2D eigenvalue weighted by atomic mass is 35.5. The third-order valence-corrected chi connectivity index (χ3v) is 2.05. The fraction of sp³-hybridized carbons (Fsp3) is 0.100. The van der Waals surface area contributed by atoms with Crippen molar-refractivity contribution >= 4 is 28.9 Å². The first-order valence-electron chi connectivity index (χ1n) is 4.50. The van der Waals surface area contributed by atoms with Crippen molar-refractivity contribution in [3.05, 3.63) is 45.5 Å². The molecule has 0 aliphatic rings. The van der Waals surface area contributed by atoms with Crippen LogP contribution in [0.3, 0.4) is 0 Å². The molecule has 90 valence electrons. The van der Waals surface area contributed by atoms with E-state index in [4.69, 9.17) is 16.7 Å². The zero-order chi connectivity index (χ0) is 13.0. The van der Waals surface area contributed by atoms with Crippen LogP contribution in [0.2, 0.25) is 0 Å². The van der Waals surface area contributed by atoms with Crippen molar-refractivity contribution in [2.24, 2.45) is 0 Å². The van der Waals surface area contributed by atoms with Crippen LogP contribution in [-0.4, -0.2) is 22.5 Å². The summed E-state index contributed by atoms with van der Waals surface area (Å²) >= 11 is 5.53. The number of benzene rings is 1. The smallest absolute Gasteiger partial charge is 0.338 e. The van der Waals surface area contributed by atoms with Crippen LogP contribution in [0.4, 0.5) is 11.4 Å². The van der Waals surface area contributed by atoms with Gasteiger partial charge in [-0.3, -0.25) is 10.1 Å². The number of nitro groups is 1. The van der Waals surface area contributed by atoms with Gasteiger partial charge in [0.15, 0.2) is 0 Å². The Morgan fingerprint density at radius 1 is 1.59 bits per heavy atom. The van der Waals surface area contributed by atoms with E-state index in [-0.39, 0.29) is 23.5 Å². The first-order chi connectivity index (χ1) is 7.91. The Morgan fingerprint density at radius 2 is 2.24 bits per heavy atom. The third-order valence-electron chi connectivity index (χ3n) is 1.92. The Morgan fingerprint density at radius 3 is 2.71 bits per heavy atom. The molecule has 7 heteroatoms. The van der Waals surface area contributed by atoms with Crippen molar-refractivity contribution in [1.29, 1.82) is 0 Å². The van der Waals surface area contributed by atoms with Crippen molar-refractivity contribution in [1.82, 2.24) is 0 Å². The van der Waals surface area contributed by atoms with Gasteiger partial charge in [0, 0.05) is 22.9 Å². The fourth-order valence-corrected chi connectivity index (χ4v) is 1.23. The van der Waals surface area contributed by atoms with E-state index in [0.717, 1.165) is 6.07 Å². The van der Waals surface area contributed by atoms with Crippen LogP contribution >= 0.6 is 11.6 Å². The van der Waals surface area contributed by atoms with Crippen LogP contribution < -0.4 is 5.32 Å². The zero-order valence-corrected chi connectivity index (χ0v) is 9.40. The summed E-state index contributed by atoms with van der Waals surface area (Å²) in [4.78, 5) is 20.8. The number of carbonyl (C=O) groups is 1. The first-order valence-corrected chi connectivity index (χ1v) is 4.88. The van der Waals surface area contributed by atoms with E-state index < -0.39 is 10.9 Å². The van der Waals surface area contributed by atoms with Gasteiger partial charge in [-0.05, 0) is 6.07 Å². The lowest BCUT2D eigenvalue weighted by Crippen LogP contribution is -2.08.